The molecular formula is C8H7N3O3S. The van der Waals surface area contributed by atoms with Gasteiger partial charge in [-0.2, -0.15) is 0 Å². The van der Waals surface area contributed by atoms with Gasteiger partial charge >= 0.3 is 5.97 Å². The molecule has 0 aliphatic rings. The Morgan fingerprint density at radius 2 is 2.27 bits per heavy atom. The molecular weight excluding hydrogens is 218 g/mol. The van der Waals surface area contributed by atoms with Crippen molar-refractivity contribution in [1.82, 2.24) is 14.6 Å². The smallest absolute Gasteiger partial charge is 0.332 e. The van der Waals surface area contributed by atoms with E-state index >= 15 is 0 Å². The fourth-order valence-corrected chi connectivity index (χ4v) is 2.07. The molecule has 0 saturated carbocycles. The number of aryl methyl sites for hydroxylation is 1. The third kappa shape index (κ3) is 1.50. The number of fused-ring (bicyclic) bond motifs is 1. The molecule has 0 N–H and O–H groups in total. The number of aromatic nitrogens is 3. The van der Waals surface area contributed by atoms with Gasteiger partial charge in [0.05, 0.1) is 7.11 Å². The van der Waals surface area contributed by atoms with Gasteiger partial charge in [0, 0.05) is 6.08 Å². The Morgan fingerprint density at radius 1 is 1.53 bits per heavy atom. The Labute approximate surface area is 87.8 Å². The van der Waals surface area contributed by atoms with E-state index < -0.39 is 5.97 Å². The van der Waals surface area contributed by atoms with Crippen molar-refractivity contribution in [3.63, 3.8) is 0 Å². The second-order valence-electron chi connectivity index (χ2n) is 2.80. The maximum Gasteiger partial charge on any atom is 0.332 e. The van der Waals surface area contributed by atoms with Crippen molar-refractivity contribution in [2.75, 3.05) is 7.11 Å². The van der Waals surface area contributed by atoms with Crippen LogP contribution in [-0.4, -0.2) is 27.7 Å². The van der Waals surface area contributed by atoms with E-state index in [2.05, 4.69) is 14.9 Å². The first-order chi connectivity index (χ1) is 7.13. The Hall–Kier alpha value is -1.76. The molecule has 78 valence electrons. The maximum atomic E-state index is 11.7. The number of thiazole rings is 1. The zero-order chi connectivity index (χ0) is 11.0. The summed E-state index contributed by atoms with van der Waals surface area (Å²) in [6.45, 7) is 1.68. The van der Waals surface area contributed by atoms with Crippen molar-refractivity contribution in [1.29, 1.82) is 0 Å². The number of methoxy groups -OCH3 is 1. The van der Waals surface area contributed by atoms with E-state index in [0.717, 1.165) is 17.4 Å². The number of ether oxygens (including phenoxy) is 1. The summed E-state index contributed by atoms with van der Waals surface area (Å²) in [5.41, 5.74) is -0.289. The number of rotatable bonds is 1. The summed E-state index contributed by atoms with van der Waals surface area (Å²) in [4.78, 5) is 23.2. The molecule has 0 spiro atoms. The first-order valence-electron chi connectivity index (χ1n) is 4.07. The second kappa shape index (κ2) is 3.43. The van der Waals surface area contributed by atoms with Crippen LogP contribution in [0, 0.1) is 6.92 Å². The lowest BCUT2D eigenvalue weighted by atomic mass is 10.5. The quantitative estimate of drug-likeness (QED) is 0.590. The van der Waals surface area contributed by atoms with Crippen LogP contribution in [0.2, 0.25) is 0 Å². The highest BCUT2D eigenvalue weighted by atomic mass is 32.1. The van der Waals surface area contributed by atoms with E-state index in [1.165, 1.54) is 11.5 Å². The molecule has 2 aromatic heterocycles. The van der Waals surface area contributed by atoms with E-state index in [0.29, 0.717) is 15.3 Å². The van der Waals surface area contributed by atoms with Crippen LogP contribution in [0.15, 0.2) is 4.79 Å². The van der Waals surface area contributed by atoms with Crippen LogP contribution in [0.5, 0.6) is 0 Å². The molecule has 7 heteroatoms. The number of hydrogen-bond acceptors (Lipinski definition) is 6. The highest BCUT2D eigenvalue weighted by Gasteiger charge is 2.09. The molecule has 0 aromatic carbocycles. The zero-order valence-electron chi connectivity index (χ0n) is 8.05. The van der Waals surface area contributed by atoms with Gasteiger partial charge < -0.3 is 4.74 Å². The molecule has 0 bridgehead atoms. The SMILES string of the molecule is COC(=O)/C=c1/sc2nnc(C)n2c1=O. The van der Waals surface area contributed by atoms with E-state index in [-0.39, 0.29) is 5.56 Å². The summed E-state index contributed by atoms with van der Waals surface area (Å²) in [7, 11) is 1.26. The first-order valence-corrected chi connectivity index (χ1v) is 4.89. The summed E-state index contributed by atoms with van der Waals surface area (Å²) in [6, 6.07) is 0. The summed E-state index contributed by atoms with van der Waals surface area (Å²) in [6.07, 6.45) is 1.15. The molecule has 15 heavy (non-hydrogen) atoms. The van der Waals surface area contributed by atoms with Crippen molar-refractivity contribution < 1.29 is 9.53 Å². The van der Waals surface area contributed by atoms with Gasteiger partial charge in [-0.25, -0.2) is 9.20 Å². The summed E-state index contributed by atoms with van der Waals surface area (Å²) >= 11 is 1.11. The molecule has 0 saturated heterocycles. The van der Waals surface area contributed by atoms with Crippen molar-refractivity contribution in [2.24, 2.45) is 0 Å². The molecule has 0 unspecified atom stereocenters. The Balaban J connectivity index is 2.75. The lowest BCUT2D eigenvalue weighted by Crippen LogP contribution is -2.25. The molecule has 0 amide bonds. The van der Waals surface area contributed by atoms with Gasteiger partial charge in [0.1, 0.15) is 10.4 Å². The summed E-state index contributed by atoms with van der Waals surface area (Å²) in [5, 5.41) is 7.54. The maximum absolute atomic E-state index is 11.7. The molecule has 0 radical (unpaired) electrons. The van der Waals surface area contributed by atoms with Gasteiger partial charge in [-0.05, 0) is 6.92 Å². The van der Waals surface area contributed by atoms with Crippen LogP contribution in [0.4, 0.5) is 0 Å². The van der Waals surface area contributed by atoms with Crippen molar-refractivity contribution in [3.8, 4) is 0 Å². The van der Waals surface area contributed by atoms with Gasteiger partial charge in [-0.1, -0.05) is 11.3 Å². The average Bonchev–Trinajstić information content (AvgIpc) is 2.71. The molecule has 2 heterocycles. The van der Waals surface area contributed by atoms with E-state index in [1.807, 2.05) is 0 Å². The van der Waals surface area contributed by atoms with Crippen LogP contribution in [0.25, 0.3) is 11.0 Å². The highest BCUT2D eigenvalue weighted by molar-refractivity contribution is 7.15. The minimum absolute atomic E-state index is 0.289. The number of nitrogens with zero attached hydrogens (tertiary/aromatic N) is 3. The molecule has 6 nitrogen and oxygen atoms in total. The summed E-state index contributed by atoms with van der Waals surface area (Å²) in [5.74, 6) is -0.0435. The lowest BCUT2D eigenvalue weighted by Gasteiger charge is -1.85. The Kier molecular flexibility index (Phi) is 2.24. The lowest BCUT2D eigenvalue weighted by molar-refractivity contribution is -0.133. The van der Waals surface area contributed by atoms with Crippen LogP contribution >= 0.6 is 11.3 Å². The van der Waals surface area contributed by atoms with Crippen molar-refractivity contribution >= 4 is 28.3 Å². The average molecular weight is 225 g/mol. The van der Waals surface area contributed by atoms with E-state index in [4.69, 9.17) is 0 Å². The van der Waals surface area contributed by atoms with Gasteiger partial charge in [0.15, 0.2) is 0 Å². The predicted molar refractivity (Wildman–Crippen MR) is 53.6 cm³/mol. The van der Waals surface area contributed by atoms with Gasteiger partial charge in [0.2, 0.25) is 4.96 Å². The minimum atomic E-state index is -0.554. The Morgan fingerprint density at radius 3 is 2.87 bits per heavy atom. The minimum Gasteiger partial charge on any atom is -0.466 e. The standard InChI is InChI=1S/C8H7N3O3S/c1-4-9-10-8-11(4)7(13)5(15-8)3-6(12)14-2/h3H,1-2H3/b5-3+. The Bertz CT molecular complexity index is 627. The monoisotopic (exact) mass is 225 g/mol. The molecule has 2 rings (SSSR count). The third-order valence-electron chi connectivity index (χ3n) is 1.86. The molecule has 0 aliphatic carbocycles. The van der Waals surface area contributed by atoms with Crippen molar-refractivity contribution in [2.45, 2.75) is 6.92 Å². The van der Waals surface area contributed by atoms with Gasteiger partial charge in [-0.15, -0.1) is 10.2 Å². The van der Waals surface area contributed by atoms with Crippen LogP contribution in [-0.2, 0) is 9.53 Å². The third-order valence-corrected chi connectivity index (χ3v) is 2.82. The van der Waals surface area contributed by atoms with E-state index in [1.54, 1.807) is 6.92 Å². The first kappa shape index (κ1) is 9.78. The van der Waals surface area contributed by atoms with Crippen LogP contribution in [0.1, 0.15) is 5.82 Å². The number of carbonyl (C=O) groups is 1. The zero-order valence-corrected chi connectivity index (χ0v) is 8.87. The summed E-state index contributed by atoms with van der Waals surface area (Å²) < 4.78 is 6.10. The largest absolute Gasteiger partial charge is 0.466 e. The number of esters is 1. The van der Waals surface area contributed by atoms with Crippen molar-refractivity contribution in [3.05, 3.63) is 20.7 Å². The van der Waals surface area contributed by atoms with Crippen LogP contribution in [0.3, 0.4) is 0 Å². The molecule has 0 atom stereocenters. The molecule has 2 aromatic rings. The topological polar surface area (TPSA) is 73.6 Å². The number of carbonyl (C=O) groups excluding carboxylic acids is 1. The normalized spacial score (nSPS) is 12.3. The molecule has 0 fully saturated rings. The van der Waals surface area contributed by atoms with E-state index in [9.17, 15) is 9.59 Å². The fraction of sp³-hybridized carbons (Fsp3) is 0.250. The van der Waals surface area contributed by atoms with Gasteiger partial charge in [0.25, 0.3) is 5.56 Å². The second-order valence-corrected chi connectivity index (χ2v) is 3.81. The van der Waals surface area contributed by atoms with Crippen LogP contribution < -0.4 is 10.1 Å². The predicted octanol–water partition coefficient (Wildman–Crippen LogP) is -0.868. The number of hydrogen-bond donors (Lipinski definition) is 0. The molecule has 0 aliphatic heterocycles. The highest BCUT2D eigenvalue weighted by Crippen LogP contribution is 2.00. The fourth-order valence-electron chi connectivity index (χ4n) is 1.15. The van der Waals surface area contributed by atoms with Gasteiger partial charge in [-0.3, -0.25) is 4.79 Å².